The molecule has 1 saturated heterocycles. The normalized spacial score (nSPS) is 16.9. The standard InChI is InChI=1S/C12H9ClN2O3S2/c13-7-2-1-3-8(4-7)14-5-9-11(18)15(6-10(16)17)12(19)20-9/h1-5,14H,6H2,(H,16,17). The van der Waals surface area contributed by atoms with Crippen molar-refractivity contribution < 1.29 is 14.7 Å². The Kier molecular flexibility index (Phi) is 4.64. The second-order valence-electron chi connectivity index (χ2n) is 3.82. The first-order chi connectivity index (χ1) is 9.47. The third-order valence-electron chi connectivity index (χ3n) is 2.36. The molecule has 0 atom stereocenters. The summed E-state index contributed by atoms with van der Waals surface area (Å²) in [5.74, 6) is -1.53. The summed E-state index contributed by atoms with van der Waals surface area (Å²) in [6, 6.07) is 7.00. The molecular formula is C12H9ClN2O3S2. The Hall–Kier alpha value is -1.57. The van der Waals surface area contributed by atoms with E-state index in [1.54, 1.807) is 24.3 Å². The number of carboxylic acids is 1. The van der Waals surface area contributed by atoms with Crippen molar-refractivity contribution in [2.24, 2.45) is 0 Å². The average Bonchev–Trinajstić information content (AvgIpc) is 2.64. The van der Waals surface area contributed by atoms with Gasteiger partial charge in [0.15, 0.2) is 0 Å². The smallest absolute Gasteiger partial charge is 0.323 e. The van der Waals surface area contributed by atoms with Crippen LogP contribution in [0.25, 0.3) is 0 Å². The van der Waals surface area contributed by atoms with Crippen LogP contribution in [0.4, 0.5) is 5.69 Å². The minimum atomic E-state index is -1.11. The number of halogens is 1. The number of benzene rings is 1. The predicted octanol–water partition coefficient (Wildman–Crippen LogP) is 2.54. The van der Waals surface area contributed by atoms with Gasteiger partial charge in [0, 0.05) is 16.9 Å². The average molecular weight is 329 g/mol. The summed E-state index contributed by atoms with van der Waals surface area (Å²) in [6.45, 7) is -0.431. The number of nitrogens with zero attached hydrogens (tertiary/aromatic N) is 1. The van der Waals surface area contributed by atoms with Gasteiger partial charge in [-0.3, -0.25) is 14.5 Å². The first-order valence-corrected chi connectivity index (χ1v) is 7.05. The molecule has 0 radical (unpaired) electrons. The van der Waals surface area contributed by atoms with Crippen molar-refractivity contribution in [2.45, 2.75) is 0 Å². The topological polar surface area (TPSA) is 69.6 Å². The lowest BCUT2D eigenvalue weighted by atomic mass is 10.3. The Morgan fingerprint density at radius 2 is 2.30 bits per heavy atom. The van der Waals surface area contributed by atoms with Crippen molar-refractivity contribution in [2.75, 3.05) is 11.9 Å². The van der Waals surface area contributed by atoms with Crippen LogP contribution in [0.5, 0.6) is 0 Å². The molecule has 1 aromatic rings. The number of nitrogens with one attached hydrogen (secondary N) is 1. The number of amides is 1. The molecule has 0 aromatic heterocycles. The highest BCUT2D eigenvalue weighted by Gasteiger charge is 2.33. The molecule has 1 aromatic carbocycles. The van der Waals surface area contributed by atoms with Crippen molar-refractivity contribution in [1.82, 2.24) is 4.90 Å². The van der Waals surface area contributed by atoms with Crippen LogP contribution >= 0.6 is 35.6 Å². The molecule has 0 unspecified atom stereocenters. The Morgan fingerprint density at radius 1 is 1.55 bits per heavy atom. The van der Waals surface area contributed by atoms with Crippen LogP contribution in [0.15, 0.2) is 35.4 Å². The van der Waals surface area contributed by atoms with E-state index in [2.05, 4.69) is 5.32 Å². The van der Waals surface area contributed by atoms with Gasteiger partial charge in [-0.1, -0.05) is 41.6 Å². The molecule has 8 heteroatoms. The fourth-order valence-corrected chi connectivity index (χ4v) is 2.87. The van der Waals surface area contributed by atoms with Gasteiger partial charge in [-0.25, -0.2) is 0 Å². The van der Waals surface area contributed by atoms with Gasteiger partial charge >= 0.3 is 5.97 Å². The first-order valence-electron chi connectivity index (χ1n) is 5.45. The molecule has 1 aliphatic heterocycles. The number of carboxylic acid groups (broad SMARTS) is 1. The number of hydrogen-bond acceptors (Lipinski definition) is 5. The maximum atomic E-state index is 12.0. The van der Waals surface area contributed by atoms with Gasteiger partial charge in [0.25, 0.3) is 5.91 Å². The molecule has 20 heavy (non-hydrogen) atoms. The second-order valence-corrected chi connectivity index (χ2v) is 5.93. The number of thiocarbonyl (C=S) groups is 1. The molecule has 1 fully saturated rings. The Labute approximate surface area is 129 Å². The van der Waals surface area contributed by atoms with Gasteiger partial charge in [0.1, 0.15) is 10.9 Å². The van der Waals surface area contributed by atoms with E-state index in [0.717, 1.165) is 22.3 Å². The van der Waals surface area contributed by atoms with Crippen LogP contribution < -0.4 is 5.32 Å². The summed E-state index contributed by atoms with van der Waals surface area (Å²) in [5.41, 5.74) is 0.723. The predicted molar refractivity (Wildman–Crippen MR) is 82.7 cm³/mol. The Morgan fingerprint density at radius 3 is 2.95 bits per heavy atom. The molecule has 0 aliphatic carbocycles. The van der Waals surface area contributed by atoms with E-state index in [1.165, 1.54) is 6.20 Å². The molecule has 104 valence electrons. The van der Waals surface area contributed by atoms with Crippen LogP contribution in [-0.2, 0) is 9.59 Å². The van der Waals surface area contributed by atoms with E-state index < -0.39 is 18.4 Å². The molecule has 1 heterocycles. The fraction of sp³-hybridized carbons (Fsp3) is 0.0833. The van der Waals surface area contributed by atoms with Gasteiger partial charge in [-0.2, -0.15) is 0 Å². The largest absolute Gasteiger partial charge is 0.480 e. The van der Waals surface area contributed by atoms with Crippen molar-refractivity contribution >= 4 is 57.5 Å². The zero-order valence-corrected chi connectivity index (χ0v) is 12.4. The molecule has 1 aliphatic rings. The van der Waals surface area contributed by atoms with Crippen LogP contribution in [-0.4, -0.2) is 32.7 Å². The Balaban J connectivity index is 2.10. The minimum absolute atomic E-state index is 0.233. The molecule has 0 spiro atoms. The highest BCUT2D eigenvalue weighted by Crippen LogP contribution is 2.30. The number of aliphatic carboxylic acids is 1. The molecule has 0 bridgehead atoms. The highest BCUT2D eigenvalue weighted by molar-refractivity contribution is 8.26. The summed E-state index contributed by atoms with van der Waals surface area (Å²) in [4.78, 5) is 24.0. The number of thioether (sulfide) groups is 1. The van der Waals surface area contributed by atoms with Gasteiger partial charge in [-0.05, 0) is 18.2 Å². The maximum absolute atomic E-state index is 12.0. The van der Waals surface area contributed by atoms with Crippen molar-refractivity contribution in [3.63, 3.8) is 0 Å². The molecule has 2 rings (SSSR count). The van der Waals surface area contributed by atoms with E-state index in [0.29, 0.717) is 9.93 Å². The zero-order valence-electron chi connectivity index (χ0n) is 10.00. The summed E-state index contributed by atoms with van der Waals surface area (Å²) in [6.07, 6.45) is 1.49. The summed E-state index contributed by atoms with van der Waals surface area (Å²) >= 11 is 11.9. The quantitative estimate of drug-likeness (QED) is 0.654. The third kappa shape index (κ3) is 3.50. The summed E-state index contributed by atoms with van der Waals surface area (Å²) in [5, 5.41) is 12.2. The SMILES string of the molecule is O=C(O)CN1C(=O)C(=CNc2cccc(Cl)c2)SC1=S. The molecule has 0 saturated carbocycles. The van der Waals surface area contributed by atoms with Gasteiger partial charge in [0.05, 0.1) is 4.91 Å². The lowest BCUT2D eigenvalue weighted by Crippen LogP contribution is -2.33. The summed E-state index contributed by atoms with van der Waals surface area (Å²) in [7, 11) is 0. The lowest BCUT2D eigenvalue weighted by Gasteiger charge is -2.10. The van der Waals surface area contributed by atoms with Crippen LogP contribution in [0, 0.1) is 0 Å². The van der Waals surface area contributed by atoms with Crippen LogP contribution in [0.2, 0.25) is 5.02 Å². The summed E-state index contributed by atoms with van der Waals surface area (Å²) < 4.78 is 0.233. The highest BCUT2D eigenvalue weighted by atomic mass is 35.5. The first kappa shape index (κ1) is 14.8. The van der Waals surface area contributed by atoms with E-state index in [9.17, 15) is 9.59 Å². The van der Waals surface area contributed by atoms with Gasteiger partial charge in [-0.15, -0.1) is 0 Å². The Bertz CT molecular complexity index is 618. The third-order valence-corrected chi connectivity index (χ3v) is 3.97. The van der Waals surface area contributed by atoms with Crippen molar-refractivity contribution in [3.8, 4) is 0 Å². The minimum Gasteiger partial charge on any atom is -0.480 e. The lowest BCUT2D eigenvalue weighted by molar-refractivity contribution is -0.140. The fourth-order valence-electron chi connectivity index (χ4n) is 1.50. The second kappa shape index (κ2) is 6.25. The van der Waals surface area contributed by atoms with Gasteiger partial charge < -0.3 is 10.4 Å². The molecular weight excluding hydrogens is 320 g/mol. The number of anilines is 1. The van der Waals surface area contributed by atoms with Crippen molar-refractivity contribution in [1.29, 1.82) is 0 Å². The van der Waals surface area contributed by atoms with E-state index in [1.807, 2.05) is 0 Å². The molecule has 5 nitrogen and oxygen atoms in total. The number of hydrogen-bond donors (Lipinski definition) is 2. The number of rotatable bonds is 4. The monoisotopic (exact) mass is 328 g/mol. The number of carbonyl (C=O) groups excluding carboxylic acids is 1. The van der Waals surface area contributed by atoms with Gasteiger partial charge in [0.2, 0.25) is 0 Å². The molecule has 2 N–H and O–H groups in total. The zero-order chi connectivity index (χ0) is 14.7. The van der Waals surface area contributed by atoms with E-state index >= 15 is 0 Å². The van der Waals surface area contributed by atoms with Crippen molar-refractivity contribution in [3.05, 3.63) is 40.4 Å². The van der Waals surface area contributed by atoms with E-state index in [4.69, 9.17) is 28.9 Å². The van der Waals surface area contributed by atoms with Crippen LogP contribution in [0.3, 0.4) is 0 Å². The molecule has 1 amide bonds. The van der Waals surface area contributed by atoms with E-state index in [-0.39, 0.29) is 4.32 Å². The maximum Gasteiger partial charge on any atom is 0.323 e. The van der Waals surface area contributed by atoms with Crippen LogP contribution in [0.1, 0.15) is 0 Å². The number of carbonyl (C=O) groups is 2.